The van der Waals surface area contributed by atoms with Crippen LogP contribution in [-0.4, -0.2) is 10.9 Å². The van der Waals surface area contributed by atoms with Gasteiger partial charge in [0.1, 0.15) is 11.5 Å². The monoisotopic (exact) mass is 272 g/mol. The van der Waals surface area contributed by atoms with E-state index in [1.807, 2.05) is 58.9 Å². The third-order valence-corrected chi connectivity index (χ3v) is 3.00. The van der Waals surface area contributed by atoms with Crippen LogP contribution in [0.15, 0.2) is 28.7 Å². The molecule has 0 atom stereocenters. The normalized spacial score (nSPS) is 11.4. The van der Waals surface area contributed by atoms with E-state index in [4.69, 9.17) is 4.42 Å². The maximum Gasteiger partial charge on any atom is 0.229 e. The van der Waals surface area contributed by atoms with E-state index in [-0.39, 0.29) is 5.91 Å². The summed E-state index contributed by atoms with van der Waals surface area (Å²) in [6.07, 6.45) is 0. The third kappa shape index (κ3) is 3.07. The summed E-state index contributed by atoms with van der Waals surface area (Å²) in [7, 11) is 0. The average molecular weight is 272 g/mol. The Kier molecular flexibility index (Phi) is 3.66. The van der Waals surface area contributed by atoms with E-state index in [0.29, 0.717) is 5.89 Å². The van der Waals surface area contributed by atoms with Gasteiger partial charge in [-0.05, 0) is 19.1 Å². The predicted octanol–water partition coefficient (Wildman–Crippen LogP) is 3.94. The van der Waals surface area contributed by atoms with E-state index in [9.17, 15) is 4.79 Å². The van der Waals surface area contributed by atoms with E-state index < -0.39 is 5.41 Å². The number of rotatable bonds is 2. The molecule has 4 nitrogen and oxygen atoms in total. The standard InChI is InChI=1S/C16H20N2O2/c1-10-14(17-11(2)20-10)12-6-8-13(9-7-12)18-15(19)16(3,4)5/h6-9H,1-5H3,(H,18,19). The Bertz CT molecular complexity index is 619. The minimum absolute atomic E-state index is 0.00119. The number of benzene rings is 1. The van der Waals surface area contributed by atoms with Crippen LogP contribution < -0.4 is 5.32 Å². The Morgan fingerprint density at radius 1 is 1.15 bits per heavy atom. The molecule has 1 aromatic carbocycles. The number of nitrogens with zero attached hydrogens (tertiary/aromatic N) is 1. The summed E-state index contributed by atoms with van der Waals surface area (Å²) in [4.78, 5) is 16.3. The molecule has 106 valence electrons. The summed E-state index contributed by atoms with van der Waals surface area (Å²) in [5.74, 6) is 1.45. The number of anilines is 1. The van der Waals surface area contributed by atoms with Crippen LogP contribution in [0.2, 0.25) is 0 Å². The number of oxazole rings is 1. The highest BCUT2D eigenvalue weighted by Gasteiger charge is 2.21. The van der Waals surface area contributed by atoms with Crippen molar-refractivity contribution in [2.24, 2.45) is 5.41 Å². The van der Waals surface area contributed by atoms with Crippen LogP contribution in [0.3, 0.4) is 0 Å². The second kappa shape index (κ2) is 5.12. The molecule has 0 aliphatic rings. The first-order valence-corrected chi connectivity index (χ1v) is 6.63. The second-order valence-electron chi connectivity index (χ2n) is 5.92. The quantitative estimate of drug-likeness (QED) is 0.900. The molecule has 0 fully saturated rings. The number of hydrogen-bond acceptors (Lipinski definition) is 3. The molecule has 0 spiro atoms. The fraction of sp³-hybridized carbons (Fsp3) is 0.375. The van der Waals surface area contributed by atoms with Crippen molar-refractivity contribution in [2.45, 2.75) is 34.6 Å². The maximum atomic E-state index is 11.9. The number of nitrogens with one attached hydrogen (secondary N) is 1. The zero-order valence-corrected chi connectivity index (χ0v) is 12.6. The fourth-order valence-electron chi connectivity index (χ4n) is 1.83. The van der Waals surface area contributed by atoms with Crippen LogP contribution in [0.1, 0.15) is 32.4 Å². The first-order valence-electron chi connectivity index (χ1n) is 6.63. The molecule has 1 heterocycles. The Balaban J connectivity index is 2.19. The van der Waals surface area contributed by atoms with Crippen LogP contribution in [-0.2, 0) is 4.79 Å². The topological polar surface area (TPSA) is 55.1 Å². The Hall–Kier alpha value is -2.10. The van der Waals surface area contributed by atoms with E-state index >= 15 is 0 Å². The van der Waals surface area contributed by atoms with E-state index in [1.54, 1.807) is 0 Å². The lowest BCUT2D eigenvalue weighted by atomic mass is 9.95. The Morgan fingerprint density at radius 3 is 2.20 bits per heavy atom. The van der Waals surface area contributed by atoms with Crippen molar-refractivity contribution in [1.29, 1.82) is 0 Å². The molecule has 0 aliphatic heterocycles. The second-order valence-corrected chi connectivity index (χ2v) is 5.92. The lowest BCUT2D eigenvalue weighted by molar-refractivity contribution is -0.123. The number of amides is 1. The van der Waals surface area contributed by atoms with Gasteiger partial charge in [0.2, 0.25) is 5.91 Å². The summed E-state index contributed by atoms with van der Waals surface area (Å²) in [6.45, 7) is 9.38. The van der Waals surface area contributed by atoms with E-state index in [2.05, 4.69) is 10.3 Å². The summed E-state index contributed by atoms with van der Waals surface area (Å²) in [5, 5.41) is 2.90. The van der Waals surface area contributed by atoms with Gasteiger partial charge in [-0.2, -0.15) is 0 Å². The van der Waals surface area contributed by atoms with E-state index in [1.165, 1.54) is 0 Å². The Morgan fingerprint density at radius 2 is 1.75 bits per heavy atom. The van der Waals surface area contributed by atoms with Gasteiger partial charge in [0.05, 0.1) is 0 Å². The van der Waals surface area contributed by atoms with Crippen LogP contribution in [0, 0.1) is 19.3 Å². The summed E-state index contributed by atoms with van der Waals surface area (Å²) >= 11 is 0. The largest absolute Gasteiger partial charge is 0.446 e. The van der Waals surface area contributed by atoms with Crippen molar-refractivity contribution in [3.8, 4) is 11.3 Å². The molecule has 0 bridgehead atoms. The highest BCUT2D eigenvalue weighted by Crippen LogP contribution is 2.25. The number of aromatic nitrogens is 1. The van der Waals surface area contributed by atoms with Gasteiger partial charge in [-0.3, -0.25) is 4.79 Å². The summed E-state index contributed by atoms with van der Waals surface area (Å²) in [6, 6.07) is 7.62. The molecule has 4 heteroatoms. The van der Waals surface area contributed by atoms with Crippen LogP contribution in [0.25, 0.3) is 11.3 Å². The number of carbonyl (C=O) groups excluding carboxylic acids is 1. The molecule has 0 aliphatic carbocycles. The molecular weight excluding hydrogens is 252 g/mol. The van der Waals surface area contributed by atoms with Crippen LogP contribution in [0.5, 0.6) is 0 Å². The molecule has 2 aromatic rings. The molecule has 0 radical (unpaired) electrons. The minimum atomic E-state index is -0.404. The van der Waals surface area contributed by atoms with Crippen molar-refractivity contribution < 1.29 is 9.21 Å². The molecule has 0 saturated heterocycles. The first-order chi connectivity index (χ1) is 9.27. The van der Waals surface area contributed by atoms with Crippen molar-refractivity contribution >= 4 is 11.6 Å². The number of carbonyl (C=O) groups is 1. The molecule has 2 rings (SSSR count). The Labute approximate surface area is 119 Å². The van der Waals surface area contributed by atoms with Crippen molar-refractivity contribution in [2.75, 3.05) is 5.32 Å². The first kappa shape index (κ1) is 14.3. The average Bonchev–Trinajstić information content (AvgIpc) is 2.68. The zero-order chi connectivity index (χ0) is 14.9. The summed E-state index contributed by atoms with van der Waals surface area (Å²) < 4.78 is 5.43. The van der Waals surface area contributed by atoms with Gasteiger partial charge in [-0.25, -0.2) is 4.98 Å². The van der Waals surface area contributed by atoms with Crippen molar-refractivity contribution in [3.63, 3.8) is 0 Å². The lowest BCUT2D eigenvalue weighted by Gasteiger charge is -2.17. The van der Waals surface area contributed by atoms with Crippen molar-refractivity contribution in [1.82, 2.24) is 4.98 Å². The SMILES string of the molecule is Cc1nc(-c2ccc(NC(=O)C(C)(C)C)cc2)c(C)o1. The van der Waals surface area contributed by atoms with Gasteiger partial charge < -0.3 is 9.73 Å². The van der Waals surface area contributed by atoms with Crippen LogP contribution >= 0.6 is 0 Å². The smallest absolute Gasteiger partial charge is 0.229 e. The van der Waals surface area contributed by atoms with Gasteiger partial charge in [-0.15, -0.1) is 0 Å². The number of hydrogen-bond donors (Lipinski definition) is 1. The van der Waals surface area contributed by atoms with Crippen LogP contribution in [0.4, 0.5) is 5.69 Å². The molecule has 0 unspecified atom stereocenters. The molecule has 0 saturated carbocycles. The minimum Gasteiger partial charge on any atom is -0.446 e. The highest BCUT2D eigenvalue weighted by molar-refractivity contribution is 5.94. The third-order valence-electron chi connectivity index (χ3n) is 3.00. The molecular formula is C16H20N2O2. The predicted molar refractivity (Wildman–Crippen MR) is 79.5 cm³/mol. The molecule has 1 N–H and O–H groups in total. The lowest BCUT2D eigenvalue weighted by Crippen LogP contribution is -2.27. The zero-order valence-electron chi connectivity index (χ0n) is 12.6. The van der Waals surface area contributed by atoms with Gasteiger partial charge in [-0.1, -0.05) is 32.9 Å². The molecule has 20 heavy (non-hydrogen) atoms. The highest BCUT2D eigenvalue weighted by atomic mass is 16.4. The molecule has 1 amide bonds. The fourth-order valence-corrected chi connectivity index (χ4v) is 1.83. The van der Waals surface area contributed by atoms with Gasteiger partial charge in [0.15, 0.2) is 5.89 Å². The van der Waals surface area contributed by atoms with Gasteiger partial charge in [0, 0.05) is 23.6 Å². The van der Waals surface area contributed by atoms with Gasteiger partial charge >= 0.3 is 0 Å². The maximum absolute atomic E-state index is 11.9. The molecule has 1 aromatic heterocycles. The summed E-state index contributed by atoms with van der Waals surface area (Å²) in [5.41, 5.74) is 2.20. The van der Waals surface area contributed by atoms with Gasteiger partial charge in [0.25, 0.3) is 0 Å². The van der Waals surface area contributed by atoms with E-state index in [0.717, 1.165) is 22.7 Å². The van der Waals surface area contributed by atoms with Crippen molar-refractivity contribution in [3.05, 3.63) is 35.9 Å². The number of aryl methyl sites for hydroxylation is 2.